The molecule has 1 rings (SSSR count). The Bertz CT molecular complexity index is 339. The van der Waals surface area contributed by atoms with Crippen molar-refractivity contribution in [1.29, 1.82) is 0 Å². The van der Waals surface area contributed by atoms with Crippen LogP contribution in [-0.4, -0.2) is 47.1 Å². The molecule has 18 heavy (non-hydrogen) atoms. The van der Waals surface area contributed by atoms with Crippen molar-refractivity contribution < 1.29 is 14.7 Å². The molecule has 0 aromatic carbocycles. The third kappa shape index (κ3) is 3.22. The van der Waals surface area contributed by atoms with Gasteiger partial charge in [-0.25, -0.2) is 0 Å². The van der Waals surface area contributed by atoms with E-state index in [-0.39, 0.29) is 24.3 Å². The van der Waals surface area contributed by atoms with Crippen LogP contribution in [0.3, 0.4) is 0 Å². The van der Waals surface area contributed by atoms with Gasteiger partial charge in [0.05, 0.1) is 19.6 Å². The highest BCUT2D eigenvalue weighted by Gasteiger charge is 2.45. The monoisotopic (exact) mass is 256 g/mol. The molecule has 0 atom stereocenters. The molecule has 0 aromatic rings. The Morgan fingerprint density at radius 2 is 1.83 bits per heavy atom. The maximum Gasteiger partial charge on any atom is 0.242 e. The second kappa shape index (κ2) is 4.88. The molecule has 0 saturated carbocycles. The lowest BCUT2D eigenvalue weighted by Gasteiger charge is -2.49. The number of carbonyl (C=O) groups is 2. The van der Waals surface area contributed by atoms with E-state index in [9.17, 15) is 14.7 Å². The molecule has 0 spiro atoms. The first kappa shape index (κ1) is 15.0. The largest absolute Gasteiger partial charge is 0.386 e. The number of hydrogen-bond donors (Lipinski definition) is 2. The Kier molecular flexibility index (Phi) is 4.05. The Labute approximate surface area is 109 Å². The van der Waals surface area contributed by atoms with Gasteiger partial charge in [0, 0.05) is 5.41 Å². The Balaban J connectivity index is 2.35. The number of β-amino-alcohol motifs (C(OH)–C–C–N with tert-alkyl or cyclic N) is 1. The standard InChI is InChI=1S/C13H24N2O3/c1-9(2)13(18)7-15(8-13)10(16)6-14-11(17)12(3,4)5/h9,18H,6-8H2,1-5H3,(H,14,17). The van der Waals surface area contributed by atoms with Crippen molar-refractivity contribution in [3.63, 3.8) is 0 Å². The number of nitrogens with zero attached hydrogens (tertiary/aromatic N) is 1. The van der Waals surface area contributed by atoms with E-state index in [0.717, 1.165) is 0 Å². The molecule has 1 fully saturated rings. The van der Waals surface area contributed by atoms with Crippen molar-refractivity contribution in [2.24, 2.45) is 11.3 Å². The number of nitrogens with one attached hydrogen (secondary N) is 1. The topological polar surface area (TPSA) is 69.6 Å². The minimum atomic E-state index is -0.760. The number of amides is 2. The smallest absolute Gasteiger partial charge is 0.242 e. The Morgan fingerprint density at radius 1 is 1.33 bits per heavy atom. The minimum absolute atomic E-state index is 0.00424. The third-order valence-corrected chi connectivity index (χ3v) is 3.44. The summed E-state index contributed by atoms with van der Waals surface area (Å²) in [6.07, 6.45) is 0. The van der Waals surface area contributed by atoms with Gasteiger partial charge in [-0.2, -0.15) is 0 Å². The summed E-state index contributed by atoms with van der Waals surface area (Å²) >= 11 is 0. The lowest BCUT2D eigenvalue weighted by atomic mass is 9.83. The zero-order valence-electron chi connectivity index (χ0n) is 11.9. The minimum Gasteiger partial charge on any atom is -0.386 e. The average Bonchev–Trinajstić information content (AvgIpc) is 2.18. The van der Waals surface area contributed by atoms with Crippen LogP contribution in [0.1, 0.15) is 34.6 Å². The van der Waals surface area contributed by atoms with Gasteiger partial charge in [0.25, 0.3) is 0 Å². The first-order valence-electron chi connectivity index (χ1n) is 6.35. The fourth-order valence-electron chi connectivity index (χ4n) is 1.69. The van der Waals surface area contributed by atoms with Crippen LogP contribution in [0.4, 0.5) is 0 Å². The van der Waals surface area contributed by atoms with Crippen LogP contribution in [-0.2, 0) is 9.59 Å². The molecule has 0 bridgehead atoms. The molecular formula is C13H24N2O3. The second-order valence-corrected chi connectivity index (χ2v) is 6.44. The highest BCUT2D eigenvalue weighted by molar-refractivity contribution is 5.87. The van der Waals surface area contributed by atoms with Crippen LogP contribution in [0.25, 0.3) is 0 Å². The summed E-state index contributed by atoms with van der Waals surface area (Å²) in [4.78, 5) is 24.9. The molecule has 2 N–H and O–H groups in total. The van der Waals surface area contributed by atoms with E-state index in [1.165, 1.54) is 0 Å². The van der Waals surface area contributed by atoms with E-state index in [0.29, 0.717) is 13.1 Å². The van der Waals surface area contributed by atoms with Crippen molar-refractivity contribution in [3.8, 4) is 0 Å². The van der Waals surface area contributed by atoms with Crippen LogP contribution in [0.5, 0.6) is 0 Å². The van der Waals surface area contributed by atoms with Gasteiger partial charge >= 0.3 is 0 Å². The summed E-state index contributed by atoms with van der Waals surface area (Å²) in [5.74, 6) is -0.154. The van der Waals surface area contributed by atoms with Crippen LogP contribution in [0.15, 0.2) is 0 Å². The summed E-state index contributed by atoms with van der Waals surface area (Å²) in [5, 5.41) is 12.6. The van der Waals surface area contributed by atoms with Gasteiger partial charge in [-0.15, -0.1) is 0 Å². The van der Waals surface area contributed by atoms with E-state index in [2.05, 4.69) is 5.32 Å². The molecule has 1 aliphatic heterocycles. The van der Waals surface area contributed by atoms with E-state index >= 15 is 0 Å². The zero-order valence-corrected chi connectivity index (χ0v) is 11.9. The molecule has 0 unspecified atom stereocenters. The van der Waals surface area contributed by atoms with Gasteiger partial charge < -0.3 is 15.3 Å². The molecule has 0 radical (unpaired) electrons. The zero-order chi connectivity index (χ0) is 14.1. The summed E-state index contributed by atoms with van der Waals surface area (Å²) in [6.45, 7) is 9.98. The third-order valence-electron chi connectivity index (χ3n) is 3.44. The highest BCUT2D eigenvalue weighted by atomic mass is 16.3. The normalized spacial score (nSPS) is 18.5. The van der Waals surface area contributed by atoms with E-state index in [1.54, 1.807) is 25.7 Å². The first-order chi connectivity index (χ1) is 8.06. The number of carbonyl (C=O) groups excluding carboxylic acids is 2. The average molecular weight is 256 g/mol. The van der Waals surface area contributed by atoms with Crippen molar-refractivity contribution in [2.75, 3.05) is 19.6 Å². The number of aliphatic hydroxyl groups is 1. The van der Waals surface area contributed by atoms with Crippen molar-refractivity contribution in [3.05, 3.63) is 0 Å². The molecule has 5 heteroatoms. The predicted octanol–water partition coefficient (Wildman–Crippen LogP) is 0.378. The summed E-state index contributed by atoms with van der Waals surface area (Å²) in [7, 11) is 0. The number of likely N-dealkylation sites (tertiary alicyclic amines) is 1. The molecule has 1 saturated heterocycles. The molecule has 104 valence electrons. The fourth-order valence-corrected chi connectivity index (χ4v) is 1.69. The molecule has 0 aromatic heterocycles. The maximum atomic E-state index is 11.8. The van der Waals surface area contributed by atoms with Gasteiger partial charge in [-0.3, -0.25) is 9.59 Å². The summed E-state index contributed by atoms with van der Waals surface area (Å²) in [6, 6.07) is 0. The molecule has 2 amide bonds. The van der Waals surface area contributed by atoms with E-state index < -0.39 is 11.0 Å². The number of hydrogen-bond acceptors (Lipinski definition) is 3. The van der Waals surface area contributed by atoms with Crippen LogP contribution in [0, 0.1) is 11.3 Å². The van der Waals surface area contributed by atoms with Crippen LogP contribution in [0.2, 0.25) is 0 Å². The molecule has 0 aliphatic carbocycles. The lowest BCUT2D eigenvalue weighted by molar-refractivity contribution is -0.163. The SMILES string of the molecule is CC(C)C1(O)CN(C(=O)CNC(=O)C(C)(C)C)C1. The van der Waals surface area contributed by atoms with Gasteiger partial charge in [0.2, 0.25) is 11.8 Å². The van der Waals surface area contributed by atoms with E-state index in [4.69, 9.17) is 0 Å². The molecule has 5 nitrogen and oxygen atoms in total. The summed E-state index contributed by atoms with van der Waals surface area (Å²) in [5.41, 5.74) is -1.25. The lowest BCUT2D eigenvalue weighted by Crippen LogP contribution is -2.67. The van der Waals surface area contributed by atoms with Crippen molar-refractivity contribution >= 4 is 11.8 Å². The molecule has 1 heterocycles. The molecular weight excluding hydrogens is 232 g/mol. The highest BCUT2D eigenvalue weighted by Crippen LogP contribution is 2.28. The van der Waals surface area contributed by atoms with Gasteiger partial charge in [0.1, 0.15) is 5.60 Å². The number of rotatable bonds is 3. The fraction of sp³-hybridized carbons (Fsp3) is 0.846. The van der Waals surface area contributed by atoms with Crippen LogP contribution >= 0.6 is 0 Å². The van der Waals surface area contributed by atoms with Crippen molar-refractivity contribution in [2.45, 2.75) is 40.2 Å². The van der Waals surface area contributed by atoms with Gasteiger partial charge in [-0.1, -0.05) is 34.6 Å². The quantitative estimate of drug-likeness (QED) is 0.767. The first-order valence-corrected chi connectivity index (χ1v) is 6.35. The Hall–Kier alpha value is -1.10. The summed E-state index contributed by atoms with van der Waals surface area (Å²) < 4.78 is 0. The predicted molar refractivity (Wildman–Crippen MR) is 68.8 cm³/mol. The van der Waals surface area contributed by atoms with Crippen molar-refractivity contribution in [1.82, 2.24) is 10.2 Å². The molecule has 1 aliphatic rings. The Morgan fingerprint density at radius 3 is 2.22 bits per heavy atom. The van der Waals surface area contributed by atoms with Gasteiger partial charge in [0.15, 0.2) is 0 Å². The maximum absolute atomic E-state index is 11.8. The van der Waals surface area contributed by atoms with Gasteiger partial charge in [-0.05, 0) is 5.92 Å². The second-order valence-electron chi connectivity index (χ2n) is 6.44. The van der Waals surface area contributed by atoms with E-state index in [1.807, 2.05) is 13.8 Å². The van der Waals surface area contributed by atoms with Crippen LogP contribution < -0.4 is 5.32 Å².